The summed E-state index contributed by atoms with van der Waals surface area (Å²) in [6.45, 7) is 8.42. The minimum Gasteiger partial charge on any atom is -0.477 e. The zero-order chi connectivity index (χ0) is 37.1. The normalized spacial score (nSPS) is 18.4. The Balaban J connectivity index is 0.809. The van der Waals surface area contributed by atoms with Gasteiger partial charge < -0.3 is 29.1 Å². The van der Waals surface area contributed by atoms with Crippen LogP contribution in [-0.2, 0) is 13.1 Å². The molecule has 0 atom stereocenters. The maximum absolute atomic E-state index is 12.9. The first-order valence-corrected chi connectivity index (χ1v) is 18.8. The lowest BCUT2D eigenvalue weighted by molar-refractivity contribution is 0.0684. The van der Waals surface area contributed by atoms with Crippen molar-refractivity contribution in [1.29, 1.82) is 0 Å². The zero-order valence-electron chi connectivity index (χ0n) is 29.9. The highest BCUT2D eigenvalue weighted by Crippen LogP contribution is 2.38. The summed E-state index contributed by atoms with van der Waals surface area (Å²) in [6, 6.07) is 15.0. The monoisotopic (exact) mass is 730 g/mol. The van der Waals surface area contributed by atoms with Crippen molar-refractivity contribution in [2.45, 2.75) is 50.9 Å². The van der Waals surface area contributed by atoms with Crippen LogP contribution in [0.25, 0.3) is 21.9 Å². The van der Waals surface area contributed by atoms with Gasteiger partial charge in [0, 0.05) is 107 Å². The molecule has 4 fully saturated rings. The molecule has 0 bridgehead atoms. The van der Waals surface area contributed by atoms with Gasteiger partial charge in [0.2, 0.25) is 16.8 Å². The molecule has 14 nitrogen and oxygen atoms in total. The minimum atomic E-state index is -1.23. The van der Waals surface area contributed by atoms with E-state index in [4.69, 9.17) is 4.98 Å². The number of pyridine rings is 2. The number of nitrogens with zero attached hydrogens (tertiary/aromatic N) is 8. The molecule has 2 saturated carbocycles. The lowest BCUT2D eigenvalue weighted by atomic mass is 10.1. The lowest BCUT2D eigenvalue weighted by Gasteiger charge is -2.36. The van der Waals surface area contributed by atoms with Gasteiger partial charge in [0.05, 0.1) is 10.9 Å². The van der Waals surface area contributed by atoms with Crippen LogP contribution >= 0.6 is 0 Å². The van der Waals surface area contributed by atoms with Gasteiger partial charge in [0.1, 0.15) is 16.8 Å². The smallest absolute Gasteiger partial charge is 0.341 e. The number of anilines is 2. The van der Waals surface area contributed by atoms with E-state index in [1.165, 1.54) is 29.7 Å². The number of benzene rings is 2. The number of piperazine rings is 2. The van der Waals surface area contributed by atoms with E-state index in [0.717, 1.165) is 102 Å². The quantitative estimate of drug-likeness (QED) is 0.215. The Kier molecular flexibility index (Phi) is 8.65. The Bertz CT molecular complexity index is 2260. The molecule has 278 valence electrons. The molecule has 2 aliphatic heterocycles. The molecule has 9 rings (SSSR count). The first-order chi connectivity index (χ1) is 26.2. The van der Waals surface area contributed by atoms with Crippen LogP contribution in [0.3, 0.4) is 0 Å². The zero-order valence-corrected chi connectivity index (χ0v) is 29.9. The van der Waals surface area contributed by atoms with Crippen LogP contribution in [0.2, 0.25) is 0 Å². The SMILES string of the molecule is O=C(O)c1cn(C2CC2)c2cc(N3CCN(Cc4cccc(CN5CCN(c6ncc7c(=O)c(C(=O)O)cn(C8CC8)c7n6)CC5)c4)CC3)ccc2c1=O. The summed E-state index contributed by atoms with van der Waals surface area (Å²) in [5, 5.41) is 19.9. The van der Waals surface area contributed by atoms with E-state index >= 15 is 0 Å². The Morgan fingerprint density at radius 3 is 1.81 bits per heavy atom. The topological polar surface area (TPSA) is 157 Å². The molecule has 14 heteroatoms. The molecule has 0 spiro atoms. The van der Waals surface area contributed by atoms with Crippen molar-refractivity contribution in [2.24, 2.45) is 0 Å². The number of hydrogen-bond acceptors (Lipinski definition) is 10. The number of carboxylic acids is 2. The fourth-order valence-corrected chi connectivity index (χ4v) is 8.02. The molecule has 2 aliphatic carbocycles. The number of aromatic nitrogens is 4. The van der Waals surface area contributed by atoms with E-state index in [1.807, 2.05) is 15.2 Å². The molecule has 0 radical (unpaired) electrons. The highest BCUT2D eigenvalue weighted by Gasteiger charge is 2.30. The second-order valence-corrected chi connectivity index (χ2v) is 15.1. The van der Waals surface area contributed by atoms with E-state index in [9.17, 15) is 29.4 Å². The van der Waals surface area contributed by atoms with Gasteiger partial charge in [-0.1, -0.05) is 24.3 Å². The Morgan fingerprint density at radius 2 is 1.22 bits per heavy atom. The third kappa shape index (κ3) is 6.60. The van der Waals surface area contributed by atoms with Crippen molar-refractivity contribution in [3.05, 3.63) is 104 Å². The number of fused-ring (bicyclic) bond motifs is 2. The van der Waals surface area contributed by atoms with Gasteiger partial charge in [-0.2, -0.15) is 4.98 Å². The van der Waals surface area contributed by atoms with Crippen molar-refractivity contribution in [3.8, 4) is 0 Å². The van der Waals surface area contributed by atoms with E-state index in [-0.39, 0.29) is 28.6 Å². The highest BCUT2D eigenvalue weighted by molar-refractivity contribution is 5.94. The molecular formula is C40H42N8O6. The van der Waals surface area contributed by atoms with Crippen molar-refractivity contribution < 1.29 is 19.8 Å². The number of hydrogen-bond donors (Lipinski definition) is 2. The fourth-order valence-electron chi connectivity index (χ4n) is 8.02. The molecule has 0 amide bonds. The summed E-state index contributed by atoms with van der Waals surface area (Å²) in [7, 11) is 0. The Morgan fingerprint density at radius 1 is 0.667 bits per heavy atom. The Labute approximate surface area is 310 Å². The van der Waals surface area contributed by atoms with Crippen molar-refractivity contribution >= 4 is 45.5 Å². The molecule has 3 aromatic heterocycles. The summed E-state index contributed by atoms with van der Waals surface area (Å²) in [5.74, 6) is -1.85. The number of carboxylic acid groups (broad SMARTS) is 2. The number of carbonyl (C=O) groups is 2. The highest BCUT2D eigenvalue weighted by atomic mass is 16.4. The minimum absolute atomic E-state index is 0.162. The van der Waals surface area contributed by atoms with Crippen LogP contribution in [0, 0.1) is 0 Å². The van der Waals surface area contributed by atoms with Gasteiger partial charge in [0.25, 0.3) is 0 Å². The summed E-state index contributed by atoms with van der Waals surface area (Å²) < 4.78 is 3.83. The van der Waals surface area contributed by atoms with Crippen LogP contribution in [0.1, 0.15) is 69.6 Å². The number of aromatic carboxylic acids is 2. The van der Waals surface area contributed by atoms with E-state index in [2.05, 4.69) is 54.9 Å². The fraction of sp³-hybridized carbons (Fsp3) is 0.400. The van der Waals surface area contributed by atoms with E-state index in [0.29, 0.717) is 17.0 Å². The summed E-state index contributed by atoms with van der Waals surface area (Å²) in [5.41, 5.74) is 3.55. The second-order valence-electron chi connectivity index (χ2n) is 15.1. The molecule has 0 unspecified atom stereocenters. The predicted octanol–water partition coefficient (Wildman–Crippen LogP) is 3.82. The molecule has 2 N–H and O–H groups in total. The molecule has 2 saturated heterocycles. The third-order valence-electron chi connectivity index (χ3n) is 11.3. The summed E-state index contributed by atoms with van der Waals surface area (Å²) >= 11 is 0. The molecule has 2 aromatic carbocycles. The number of rotatable bonds is 10. The van der Waals surface area contributed by atoms with Crippen LogP contribution in [-0.4, -0.2) is 103 Å². The lowest BCUT2D eigenvalue weighted by Crippen LogP contribution is -2.46. The van der Waals surface area contributed by atoms with Gasteiger partial charge in [-0.15, -0.1) is 0 Å². The third-order valence-corrected chi connectivity index (χ3v) is 11.3. The second kappa shape index (κ2) is 13.7. The van der Waals surface area contributed by atoms with Gasteiger partial charge in [-0.3, -0.25) is 19.4 Å². The maximum Gasteiger partial charge on any atom is 0.341 e. The van der Waals surface area contributed by atoms with Crippen molar-refractivity contribution in [2.75, 3.05) is 62.2 Å². The van der Waals surface area contributed by atoms with Crippen LogP contribution in [0.4, 0.5) is 11.6 Å². The maximum atomic E-state index is 12.9. The first kappa shape index (κ1) is 34.2. The summed E-state index contributed by atoms with van der Waals surface area (Å²) in [4.78, 5) is 67.9. The predicted molar refractivity (Wildman–Crippen MR) is 204 cm³/mol. The van der Waals surface area contributed by atoms with Crippen molar-refractivity contribution in [3.63, 3.8) is 0 Å². The standard InChI is InChI=1S/C40H42N8O6/c49-35-30-9-8-29(19-34(30)47(27-4-5-27)23-32(35)38(51)52)45-14-10-43(11-15-45)21-25-2-1-3-26(18-25)22-44-12-16-46(17-13-44)40-41-20-31-36(50)33(39(53)54)24-48(28-6-7-28)37(31)42-40/h1-3,8-9,18-20,23-24,27-28H,4-7,10-17,21-22H2,(H,51,52)(H,53,54). The molecule has 5 heterocycles. The summed E-state index contributed by atoms with van der Waals surface area (Å²) in [6.07, 6.45) is 8.31. The molecule has 5 aromatic rings. The van der Waals surface area contributed by atoms with Crippen LogP contribution in [0.15, 0.2) is 70.6 Å². The largest absolute Gasteiger partial charge is 0.477 e. The average molecular weight is 731 g/mol. The average Bonchev–Trinajstić information content (AvgIpc) is 4.11. The van der Waals surface area contributed by atoms with Crippen molar-refractivity contribution in [1.82, 2.24) is 28.9 Å². The van der Waals surface area contributed by atoms with Gasteiger partial charge in [0.15, 0.2) is 0 Å². The van der Waals surface area contributed by atoms with Crippen LogP contribution in [0.5, 0.6) is 0 Å². The van der Waals surface area contributed by atoms with Gasteiger partial charge >= 0.3 is 11.9 Å². The molecule has 54 heavy (non-hydrogen) atoms. The first-order valence-electron chi connectivity index (χ1n) is 18.8. The molecular weight excluding hydrogens is 688 g/mol. The van der Waals surface area contributed by atoms with Gasteiger partial charge in [-0.25, -0.2) is 14.6 Å². The van der Waals surface area contributed by atoms with E-state index < -0.39 is 22.8 Å². The van der Waals surface area contributed by atoms with Gasteiger partial charge in [-0.05, 0) is 55.0 Å². The Hall–Kier alpha value is -5.60. The van der Waals surface area contributed by atoms with Crippen LogP contribution < -0.4 is 20.7 Å². The van der Waals surface area contributed by atoms with E-state index in [1.54, 1.807) is 6.07 Å². The molecule has 4 aliphatic rings.